The van der Waals surface area contributed by atoms with Crippen LogP contribution in [-0.4, -0.2) is 29.6 Å². The van der Waals surface area contributed by atoms with Gasteiger partial charge >= 0.3 is 5.97 Å². The highest BCUT2D eigenvalue weighted by atomic mass is 16.4. The van der Waals surface area contributed by atoms with Gasteiger partial charge in [0.15, 0.2) is 0 Å². The number of carbonyl (C=O) groups is 2. The van der Waals surface area contributed by atoms with Crippen LogP contribution in [-0.2, 0) is 9.59 Å². The number of amides is 1. The Morgan fingerprint density at radius 2 is 2.00 bits per heavy atom. The zero-order chi connectivity index (χ0) is 12.6. The lowest BCUT2D eigenvalue weighted by Crippen LogP contribution is -2.43. The molecule has 0 spiro atoms. The van der Waals surface area contributed by atoms with Crippen molar-refractivity contribution in [3.63, 3.8) is 0 Å². The minimum atomic E-state index is -0.799. The van der Waals surface area contributed by atoms with E-state index in [1.807, 2.05) is 13.8 Å². The van der Waals surface area contributed by atoms with E-state index in [9.17, 15) is 9.59 Å². The van der Waals surface area contributed by atoms with Crippen LogP contribution in [0.2, 0.25) is 0 Å². The molecule has 0 aliphatic carbocycles. The first kappa shape index (κ1) is 14.9. The molecule has 4 N–H and O–H groups in total. The van der Waals surface area contributed by atoms with Crippen molar-refractivity contribution in [1.82, 2.24) is 5.32 Å². The number of hydrogen-bond acceptors (Lipinski definition) is 3. The second-order valence-electron chi connectivity index (χ2n) is 4.02. The van der Waals surface area contributed by atoms with E-state index < -0.39 is 5.97 Å². The summed E-state index contributed by atoms with van der Waals surface area (Å²) < 4.78 is 0. The monoisotopic (exact) mass is 230 g/mol. The maximum absolute atomic E-state index is 11.0. The van der Waals surface area contributed by atoms with Crippen LogP contribution >= 0.6 is 0 Å². The highest BCUT2D eigenvalue weighted by Crippen LogP contribution is 2.10. The first-order valence-corrected chi connectivity index (χ1v) is 5.75. The van der Waals surface area contributed by atoms with Crippen LogP contribution < -0.4 is 11.1 Å². The van der Waals surface area contributed by atoms with E-state index in [0.29, 0.717) is 13.0 Å². The van der Waals surface area contributed by atoms with Crippen molar-refractivity contribution in [3.8, 4) is 0 Å². The molecule has 0 saturated heterocycles. The van der Waals surface area contributed by atoms with Crippen LogP contribution in [0.4, 0.5) is 0 Å². The number of carboxylic acid groups (broad SMARTS) is 1. The zero-order valence-electron chi connectivity index (χ0n) is 10.0. The lowest BCUT2D eigenvalue weighted by Gasteiger charge is -2.18. The molecule has 16 heavy (non-hydrogen) atoms. The van der Waals surface area contributed by atoms with E-state index in [2.05, 4.69) is 5.32 Å². The molecule has 5 nitrogen and oxygen atoms in total. The number of carbonyl (C=O) groups excluding carboxylic acids is 1. The van der Waals surface area contributed by atoms with Crippen molar-refractivity contribution < 1.29 is 14.7 Å². The molecule has 0 aliphatic heterocycles. The normalized spacial score (nSPS) is 14.4. The average Bonchev–Trinajstić information content (AvgIpc) is 2.17. The lowest BCUT2D eigenvalue weighted by atomic mass is 9.99. The zero-order valence-corrected chi connectivity index (χ0v) is 10.0. The van der Waals surface area contributed by atoms with Gasteiger partial charge in [-0.3, -0.25) is 9.59 Å². The first-order chi connectivity index (χ1) is 7.51. The van der Waals surface area contributed by atoms with E-state index in [1.54, 1.807) is 0 Å². The van der Waals surface area contributed by atoms with Gasteiger partial charge in [0.25, 0.3) is 0 Å². The molecular formula is C11H22N2O3. The molecule has 0 aromatic heterocycles. The summed E-state index contributed by atoms with van der Waals surface area (Å²) in [6.45, 7) is 4.41. The minimum Gasteiger partial charge on any atom is -0.481 e. The van der Waals surface area contributed by atoms with Gasteiger partial charge in [0.1, 0.15) is 0 Å². The number of aliphatic carboxylic acids is 1. The molecule has 0 saturated carbocycles. The molecule has 0 aromatic rings. The van der Waals surface area contributed by atoms with Crippen molar-refractivity contribution in [3.05, 3.63) is 0 Å². The summed E-state index contributed by atoms with van der Waals surface area (Å²) in [5.74, 6) is -1.11. The number of hydrogen-bond donors (Lipinski definition) is 3. The number of rotatable bonds is 9. The second kappa shape index (κ2) is 8.10. The Balaban J connectivity index is 4.08. The quantitative estimate of drug-likeness (QED) is 0.544. The Kier molecular flexibility index (Phi) is 7.54. The standard InChI is InChI=1S/C11H22N2O3/c1-3-5-8(6-10(14)15)7-13-9(4-2)11(12)16/h8-9,13H,3-7H2,1-2H3,(H2,12,16)(H,14,15)/t8-,9?/m1/s1. The molecular weight excluding hydrogens is 208 g/mol. The molecule has 5 heteroatoms. The molecule has 0 heterocycles. The summed E-state index contributed by atoms with van der Waals surface area (Å²) in [4.78, 5) is 21.6. The van der Waals surface area contributed by atoms with Crippen LogP contribution in [0.5, 0.6) is 0 Å². The largest absolute Gasteiger partial charge is 0.481 e. The van der Waals surface area contributed by atoms with E-state index in [0.717, 1.165) is 12.8 Å². The van der Waals surface area contributed by atoms with Crippen molar-refractivity contribution in [2.45, 2.75) is 45.6 Å². The molecule has 0 bridgehead atoms. The van der Waals surface area contributed by atoms with E-state index >= 15 is 0 Å². The lowest BCUT2D eigenvalue weighted by molar-refractivity contribution is -0.138. The molecule has 1 amide bonds. The van der Waals surface area contributed by atoms with Crippen LogP contribution in [0, 0.1) is 5.92 Å². The summed E-state index contributed by atoms with van der Waals surface area (Å²) in [6, 6.07) is -0.354. The second-order valence-corrected chi connectivity index (χ2v) is 4.02. The van der Waals surface area contributed by atoms with Crippen molar-refractivity contribution in [1.29, 1.82) is 0 Å². The van der Waals surface area contributed by atoms with E-state index in [1.165, 1.54) is 0 Å². The third kappa shape index (κ3) is 6.40. The maximum Gasteiger partial charge on any atom is 0.303 e. The number of carboxylic acids is 1. The SMILES string of the molecule is CCC[C@@H](CNC(CC)C(N)=O)CC(=O)O. The van der Waals surface area contributed by atoms with E-state index in [4.69, 9.17) is 10.8 Å². The third-order valence-corrected chi connectivity index (χ3v) is 2.56. The van der Waals surface area contributed by atoms with Crippen molar-refractivity contribution in [2.24, 2.45) is 11.7 Å². The van der Waals surface area contributed by atoms with Gasteiger partial charge in [-0.05, 0) is 25.3 Å². The fourth-order valence-electron chi connectivity index (χ4n) is 1.69. The highest BCUT2D eigenvalue weighted by Gasteiger charge is 2.16. The topological polar surface area (TPSA) is 92.4 Å². The van der Waals surface area contributed by atoms with Gasteiger partial charge in [0.2, 0.25) is 5.91 Å². The average molecular weight is 230 g/mol. The molecule has 0 aliphatic rings. The molecule has 0 rings (SSSR count). The Morgan fingerprint density at radius 1 is 1.38 bits per heavy atom. The smallest absolute Gasteiger partial charge is 0.303 e. The Hall–Kier alpha value is -1.10. The predicted molar refractivity (Wildman–Crippen MR) is 61.9 cm³/mol. The van der Waals surface area contributed by atoms with Gasteiger partial charge in [0.05, 0.1) is 6.04 Å². The molecule has 1 unspecified atom stereocenters. The first-order valence-electron chi connectivity index (χ1n) is 5.75. The summed E-state index contributed by atoms with van der Waals surface area (Å²) in [5, 5.41) is 11.7. The number of primary amides is 1. The highest BCUT2D eigenvalue weighted by molar-refractivity contribution is 5.79. The predicted octanol–water partition coefficient (Wildman–Crippen LogP) is 0.731. The van der Waals surface area contributed by atoms with Gasteiger partial charge in [-0.1, -0.05) is 20.3 Å². The molecule has 2 atom stereocenters. The molecule has 0 radical (unpaired) electrons. The molecule has 0 aromatic carbocycles. The minimum absolute atomic E-state index is 0.0656. The van der Waals surface area contributed by atoms with Crippen LogP contribution in [0.15, 0.2) is 0 Å². The van der Waals surface area contributed by atoms with Gasteiger partial charge < -0.3 is 16.2 Å². The van der Waals surface area contributed by atoms with Crippen LogP contribution in [0.3, 0.4) is 0 Å². The van der Waals surface area contributed by atoms with E-state index in [-0.39, 0.29) is 24.3 Å². The van der Waals surface area contributed by atoms with Crippen molar-refractivity contribution >= 4 is 11.9 Å². The van der Waals surface area contributed by atoms with Crippen LogP contribution in [0.1, 0.15) is 39.5 Å². The van der Waals surface area contributed by atoms with Crippen LogP contribution in [0.25, 0.3) is 0 Å². The van der Waals surface area contributed by atoms with Gasteiger partial charge in [-0.25, -0.2) is 0 Å². The maximum atomic E-state index is 11.0. The molecule has 94 valence electrons. The third-order valence-electron chi connectivity index (χ3n) is 2.56. The summed E-state index contributed by atoms with van der Waals surface area (Å²) in [6.07, 6.45) is 2.54. The van der Waals surface area contributed by atoms with Gasteiger partial charge in [0, 0.05) is 6.42 Å². The summed E-state index contributed by atoms with van der Waals surface area (Å²) in [7, 11) is 0. The number of nitrogens with two attached hydrogens (primary N) is 1. The van der Waals surface area contributed by atoms with Gasteiger partial charge in [-0.15, -0.1) is 0 Å². The summed E-state index contributed by atoms with van der Waals surface area (Å²) >= 11 is 0. The molecule has 0 fully saturated rings. The Labute approximate surface area is 96.4 Å². The number of nitrogens with one attached hydrogen (secondary N) is 1. The Bertz CT molecular complexity index is 231. The Morgan fingerprint density at radius 3 is 2.38 bits per heavy atom. The fraction of sp³-hybridized carbons (Fsp3) is 0.818. The van der Waals surface area contributed by atoms with Crippen molar-refractivity contribution in [2.75, 3.05) is 6.54 Å². The fourth-order valence-corrected chi connectivity index (χ4v) is 1.69. The summed E-state index contributed by atoms with van der Waals surface area (Å²) in [5.41, 5.74) is 5.19. The van der Waals surface area contributed by atoms with Gasteiger partial charge in [-0.2, -0.15) is 0 Å².